The molecule has 0 fully saturated rings. The van der Waals surface area contributed by atoms with Crippen LogP contribution in [-0.2, 0) is 0 Å². The molecule has 0 amide bonds. The fourth-order valence-corrected chi connectivity index (χ4v) is 0.819. The average molecular weight is 198 g/mol. The van der Waals surface area contributed by atoms with Crippen molar-refractivity contribution < 1.29 is 8.78 Å². The Morgan fingerprint density at radius 3 is 2.36 bits per heavy atom. The maximum atomic E-state index is 11.9. The van der Waals surface area contributed by atoms with Gasteiger partial charge in [0.1, 0.15) is 10.8 Å². The highest BCUT2D eigenvalue weighted by Crippen LogP contribution is 2.23. The Morgan fingerprint density at radius 1 is 1.27 bits per heavy atom. The van der Waals surface area contributed by atoms with E-state index in [4.69, 9.17) is 23.2 Å². The molecule has 0 unspecified atom stereocenters. The zero-order valence-electron chi connectivity index (χ0n) is 5.19. The van der Waals surface area contributed by atoms with Gasteiger partial charge < -0.3 is 0 Å². The second-order valence-corrected chi connectivity index (χ2v) is 2.57. The molecule has 0 aromatic carbocycles. The van der Waals surface area contributed by atoms with Crippen molar-refractivity contribution in [1.29, 1.82) is 0 Å². The van der Waals surface area contributed by atoms with E-state index in [1.807, 2.05) is 0 Å². The molecule has 0 aliphatic carbocycles. The summed E-state index contributed by atoms with van der Waals surface area (Å²) in [4.78, 5) is 3.36. The molecule has 0 N–H and O–H groups in total. The third kappa shape index (κ3) is 2.01. The Bertz CT molecular complexity index is 265. The van der Waals surface area contributed by atoms with Crippen LogP contribution in [0.5, 0.6) is 0 Å². The monoisotopic (exact) mass is 197 g/mol. The van der Waals surface area contributed by atoms with Crippen molar-refractivity contribution in [2.75, 3.05) is 0 Å². The Labute approximate surface area is 72.0 Å². The Hall–Kier alpha value is -0.410. The average Bonchev–Trinajstić information content (AvgIpc) is 1.94. The quantitative estimate of drug-likeness (QED) is 0.630. The highest BCUT2D eigenvalue weighted by molar-refractivity contribution is 6.41. The van der Waals surface area contributed by atoms with Gasteiger partial charge in [-0.3, -0.25) is 0 Å². The normalized spacial score (nSPS) is 10.6. The summed E-state index contributed by atoms with van der Waals surface area (Å²) >= 11 is 10.8. The molecule has 1 heterocycles. The first-order valence-electron chi connectivity index (χ1n) is 2.71. The van der Waals surface area contributed by atoms with Crippen LogP contribution in [0.3, 0.4) is 0 Å². The number of aromatic nitrogens is 1. The SMILES string of the molecule is FC(F)c1ccc(Cl)c(Cl)n1. The van der Waals surface area contributed by atoms with Gasteiger partial charge in [0.15, 0.2) is 0 Å². The van der Waals surface area contributed by atoms with Crippen LogP contribution >= 0.6 is 23.2 Å². The predicted octanol–water partition coefficient (Wildman–Crippen LogP) is 3.33. The zero-order chi connectivity index (χ0) is 8.43. The van der Waals surface area contributed by atoms with Crippen LogP contribution in [0.25, 0.3) is 0 Å². The predicted molar refractivity (Wildman–Crippen MR) is 39.2 cm³/mol. The van der Waals surface area contributed by atoms with Gasteiger partial charge in [0, 0.05) is 0 Å². The molecule has 1 nitrogen and oxygen atoms in total. The molecule has 0 aliphatic heterocycles. The molecule has 0 radical (unpaired) electrons. The maximum Gasteiger partial charge on any atom is 0.280 e. The smallest absolute Gasteiger partial charge is 0.234 e. The number of pyridine rings is 1. The van der Waals surface area contributed by atoms with E-state index in [1.54, 1.807) is 0 Å². The Balaban J connectivity index is 3.05. The molecule has 1 aromatic rings. The number of hydrogen-bond acceptors (Lipinski definition) is 1. The summed E-state index contributed by atoms with van der Waals surface area (Å²) in [5, 5.41) is 0.0838. The number of alkyl halides is 2. The van der Waals surface area contributed by atoms with Crippen LogP contribution in [-0.4, -0.2) is 4.98 Å². The standard InChI is InChI=1S/C6H3Cl2F2N/c7-3-1-2-4(6(9)10)11-5(3)8/h1-2,6H. The maximum absolute atomic E-state index is 11.9. The summed E-state index contributed by atoms with van der Waals surface area (Å²) in [7, 11) is 0. The fraction of sp³-hybridized carbons (Fsp3) is 0.167. The third-order valence-electron chi connectivity index (χ3n) is 1.05. The first-order chi connectivity index (χ1) is 5.11. The Kier molecular flexibility index (Phi) is 2.62. The molecule has 0 bridgehead atoms. The van der Waals surface area contributed by atoms with E-state index in [-0.39, 0.29) is 15.9 Å². The van der Waals surface area contributed by atoms with Crippen LogP contribution in [0, 0.1) is 0 Å². The Morgan fingerprint density at radius 2 is 1.91 bits per heavy atom. The lowest BCUT2D eigenvalue weighted by Crippen LogP contribution is -1.89. The van der Waals surface area contributed by atoms with Crippen molar-refractivity contribution in [1.82, 2.24) is 4.98 Å². The first-order valence-corrected chi connectivity index (χ1v) is 3.47. The first kappa shape index (κ1) is 8.68. The van der Waals surface area contributed by atoms with Gasteiger partial charge >= 0.3 is 0 Å². The van der Waals surface area contributed by atoms with Crippen molar-refractivity contribution in [2.45, 2.75) is 6.43 Å². The van der Waals surface area contributed by atoms with Gasteiger partial charge in [-0.05, 0) is 12.1 Å². The van der Waals surface area contributed by atoms with E-state index >= 15 is 0 Å². The largest absolute Gasteiger partial charge is 0.280 e. The molecule has 0 atom stereocenters. The van der Waals surface area contributed by atoms with E-state index in [9.17, 15) is 8.78 Å². The molecule has 0 spiro atoms. The minimum Gasteiger partial charge on any atom is -0.234 e. The zero-order valence-corrected chi connectivity index (χ0v) is 6.70. The second-order valence-electron chi connectivity index (χ2n) is 1.81. The van der Waals surface area contributed by atoms with Crippen LogP contribution < -0.4 is 0 Å². The molecule has 5 heteroatoms. The van der Waals surface area contributed by atoms with E-state index in [0.29, 0.717) is 0 Å². The van der Waals surface area contributed by atoms with Crippen LogP contribution in [0.2, 0.25) is 10.2 Å². The fourth-order valence-electron chi connectivity index (χ4n) is 0.553. The minimum atomic E-state index is -2.61. The van der Waals surface area contributed by atoms with Crippen LogP contribution in [0.1, 0.15) is 12.1 Å². The molecule has 0 aliphatic rings. The van der Waals surface area contributed by atoms with Crippen LogP contribution in [0.15, 0.2) is 12.1 Å². The van der Waals surface area contributed by atoms with E-state index in [0.717, 1.165) is 6.07 Å². The lowest BCUT2D eigenvalue weighted by atomic mass is 10.4. The van der Waals surface area contributed by atoms with Crippen molar-refractivity contribution in [3.8, 4) is 0 Å². The topological polar surface area (TPSA) is 12.9 Å². The lowest BCUT2D eigenvalue weighted by molar-refractivity contribution is 0.146. The van der Waals surface area contributed by atoms with Gasteiger partial charge in [0.25, 0.3) is 6.43 Å². The van der Waals surface area contributed by atoms with Gasteiger partial charge in [-0.1, -0.05) is 23.2 Å². The highest BCUT2D eigenvalue weighted by atomic mass is 35.5. The summed E-state index contributed by atoms with van der Waals surface area (Å²) in [5.41, 5.74) is -0.362. The molecule has 11 heavy (non-hydrogen) atoms. The number of nitrogens with zero attached hydrogens (tertiary/aromatic N) is 1. The van der Waals surface area contributed by atoms with E-state index in [1.165, 1.54) is 6.07 Å². The van der Waals surface area contributed by atoms with Gasteiger partial charge in [-0.2, -0.15) is 0 Å². The third-order valence-corrected chi connectivity index (χ3v) is 1.74. The van der Waals surface area contributed by atoms with Crippen molar-refractivity contribution in [3.05, 3.63) is 28.0 Å². The number of hydrogen-bond donors (Lipinski definition) is 0. The molecule has 1 rings (SSSR count). The van der Waals surface area contributed by atoms with Gasteiger partial charge in [0.05, 0.1) is 5.02 Å². The van der Waals surface area contributed by atoms with E-state index < -0.39 is 6.43 Å². The van der Waals surface area contributed by atoms with E-state index in [2.05, 4.69) is 4.98 Å². The van der Waals surface area contributed by atoms with Crippen molar-refractivity contribution >= 4 is 23.2 Å². The van der Waals surface area contributed by atoms with Crippen LogP contribution in [0.4, 0.5) is 8.78 Å². The minimum absolute atomic E-state index is 0.0931. The summed E-state index contributed by atoms with van der Waals surface area (Å²) < 4.78 is 23.8. The van der Waals surface area contributed by atoms with Gasteiger partial charge in [-0.25, -0.2) is 13.8 Å². The lowest BCUT2D eigenvalue weighted by Gasteiger charge is -1.99. The highest BCUT2D eigenvalue weighted by Gasteiger charge is 2.09. The van der Waals surface area contributed by atoms with Gasteiger partial charge in [-0.15, -0.1) is 0 Å². The molecule has 0 saturated heterocycles. The molecular formula is C6H3Cl2F2N. The van der Waals surface area contributed by atoms with Crippen molar-refractivity contribution in [3.63, 3.8) is 0 Å². The molecule has 0 saturated carbocycles. The molecular weight excluding hydrogens is 195 g/mol. The summed E-state index contributed by atoms with van der Waals surface area (Å²) in [6.45, 7) is 0. The summed E-state index contributed by atoms with van der Waals surface area (Å²) in [5.74, 6) is 0. The molecule has 1 aromatic heterocycles. The van der Waals surface area contributed by atoms with Gasteiger partial charge in [0.2, 0.25) is 0 Å². The number of rotatable bonds is 1. The second kappa shape index (κ2) is 3.32. The summed E-state index contributed by atoms with van der Waals surface area (Å²) in [6, 6.07) is 2.43. The summed E-state index contributed by atoms with van der Waals surface area (Å²) in [6.07, 6.45) is -2.61. The number of halogens is 4. The molecule has 60 valence electrons. The van der Waals surface area contributed by atoms with Crippen molar-refractivity contribution in [2.24, 2.45) is 0 Å².